The Morgan fingerprint density at radius 3 is 2.46 bits per heavy atom. The topological polar surface area (TPSA) is 80.4 Å². The quantitative estimate of drug-likeness (QED) is 0.773. The van der Waals surface area contributed by atoms with Gasteiger partial charge in [-0.15, -0.1) is 0 Å². The van der Waals surface area contributed by atoms with E-state index in [2.05, 4.69) is 10.3 Å². The number of ether oxygens (including phenoxy) is 2. The number of H-pyrrole nitrogens is 1. The lowest BCUT2D eigenvalue weighted by atomic mass is 10.1. The molecule has 0 saturated heterocycles. The van der Waals surface area contributed by atoms with E-state index in [-0.39, 0.29) is 11.0 Å². The zero-order chi connectivity index (χ0) is 17.1. The van der Waals surface area contributed by atoms with Gasteiger partial charge in [0.1, 0.15) is 17.1 Å². The number of hydrogen-bond donors (Lipinski definition) is 2. The predicted octanol–water partition coefficient (Wildman–Crippen LogP) is 2.80. The van der Waals surface area contributed by atoms with Crippen molar-refractivity contribution >= 4 is 22.5 Å². The van der Waals surface area contributed by atoms with Crippen molar-refractivity contribution in [2.45, 2.75) is 0 Å². The first-order valence-corrected chi connectivity index (χ1v) is 7.28. The molecule has 0 aliphatic rings. The van der Waals surface area contributed by atoms with Crippen LogP contribution in [0.3, 0.4) is 0 Å². The van der Waals surface area contributed by atoms with Gasteiger partial charge in [0.15, 0.2) is 0 Å². The number of aromatic nitrogens is 1. The van der Waals surface area contributed by atoms with Crippen LogP contribution in [0.1, 0.15) is 10.4 Å². The van der Waals surface area contributed by atoms with Crippen molar-refractivity contribution in [1.29, 1.82) is 0 Å². The van der Waals surface area contributed by atoms with E-state index in [4.69, 9.17) is 9.47 Å². The first kappa shape index (κ1) is 15.6. The van der Waals surface area contributed by atoms with E-state index in [1.54, 1.807) is 49.6 Å². The van der Waals surface area contributed by atoms with E-state index in [0.717, 1.165) is 0 Å². The summed E-state index contributed by atoms with van der Waals surface area (Å²) in [5.74, 6) is 0.751. The van der Waals surface area contributed by atoms with Crippen LogP contribution in [0.5, 0.6) is 11.5 Å². The highest BCUT2D eigenvalue weighted by atomic mass is 16.5. The normalized spacial score (nSPS) is 10.4. The number of benzene rings is 2. The molecule has 0 radical (unpaired) electrons. The van der Waals surface area contributed by atoms with Gasteiger partial charge in [-0.2, -0.15) is 0 Å². The molecular formula is C18H16N2O4. The standard InChI is InChI=1S/C18H16N2O4/c1-23-12-8-6-11(7-9-12)20-18(22)14-10-19-16-13(17(14)21)4-3-5-15(16)24-2/h3-10H,1-2H3,(H,19,21)(H,20,22). The lowest BCUT2D eigenvalue weighted by Crippen LogP contribution is -2.22. The Kier molecular flexibility index (Phi) is 4.20. The van der Waals surface area contributed by atoms with E-state index < -0.39 is 5.91 Å². The highest BCUT2D eigenvalue weighted by Crippen LogP contribution is 2.21. The van der Waals surface area contributed by atoms with Crippen molar-refractivity contribution in [2.75, 3.05) is 19.5 Å². The highest BCUT2D eigenvalue weighted by molar-refractivity contribution is 6.06. The molecule has 1 amide bonds. The van der Waals surface area contributed by atoms with Crippen molar-refractivity contribution < 1.29 is 14.3 Å². The molecule has 0 fully saturated rings. The SMILES string of the molecule is COc1ccc(NC(=O)c2c[nH]c3c(OC)cccc3c2=O)cc1. The minimum atomic E-state index is -0.480. The minimum Gasteiger partial charge on any atom is -0.497 e. The maximum Gasteiger partial charge on any atom is 0.261 e. The third kappa shape index (κ3) is 2.81. The predicted molar refractivity (Wildman–Crippen MR) is 92.1 cm³/mol. The van der Waals surface area contributed by atoms with Crippen LogP contribution in [-0.2, 0) is 0 Å². The molecule has 122 valence electrons. The van der Waals surface area contributed by atoms with Gasteiger partial charge in [0.25, 0.3) is 5.91 Å². The molecule has 24 heavy (non-hydrogen) atoms. The van der Waals surface area contributed by atoms with E-state index in [1.165, 1.54) is 13.3 Å². The van der Waals surface area contributed by atoms with Crippen LogP contribution >= 0.6 is 0 Å². The maximum atomic E-state index is 12.6. The molecule has 6 nitrogen and oxygen atoms in total. The molecule has 1 aromatic heterocycles. The zero-order valence-corrected chi connectivity index (χ0v) is 13.3. The summed E-state index contributed by atoms with van der Waals surface area (Å²) in [4.78, 5) is 27.9. The fourth-order valence-corrected chi connectivity index (χ4v) is 2.44. The second-order valence-corrected chi connectivity index (χ2v) is 5.10. The molecule has 0 unspecified atom stereocenters. The van der Waals surface area contributed by atoms with Crippen LogP contribution in [0.2, 0.25) is 0 Å². The number of para-hydroxylation sites is 1. The van der Waals surface area contributed by atoms with Gasteiger partial charge in [-0.1, -0.05) is 6.07 Å². The van der Waals surface area contributed by atoms with Gasteiger partial charge >= 0.3 is 0 Å². The monoisotopic (exact) mass is 324 g/mol. The van der Waals surface area contributed by atoms with Gasteiger partial charge in [0, 0.05) is 11.9 Å². The number of methoxy groups -OCH3 is 2. The average Bonchev–Trinajstić information content (AvgIpc) is 2.62. The number of rotatable bonds is 4. The van der Waals surface area contributed by atoms with Crippen molar-refractivity contribution in [1.82, 2.24) is 4.98 Å². The summed E-state index contributed by atoms with van der Waals surface area (Å²) in [6, 6.07) is 12.0. The van der Waals surface area contributed by atoms with Crippen molar-refractivity contribution in [3.8, 4) is 11.5 Å². The summed E-state index contributed by atoms with van der Waals surface area (Å²) in [6.45, 7) is 0. The van der Waals surface area contributed by atoms with E-state index >= 15 is 0 Å². The summed E-state index contributed by atoms with van der Waals surface area (Å²) >= 11 is 0. The minimum absolute atomic E-state index is 0.0339. The van der Waals surface area contributed by atoms with Gasteiger partial charge in [0.2, 0.25) is 5.43 Å². The Hall–Kier alpha value is -3.28. The van der Waals surface area contributed by atoms with Gasteiger partial charge in [0.05, 0.1) is 25.1 Å². The zero-order valence-electron chi connectivity index (χ0n) is 13.3. The highest BCUT2D eigenvalue weighted by Gasteiger charge is 2.14. The molecule has 3 aromatic rings. The number of amides is 1. The third-order valence-corrected chi connectivity index (χ3v) is 3.69. The van der Waals surface area contributed by atoms with Gasteiger partial charge in [-0.05, 0) is 36.4 Å². The molecule has 1 heterocycles. The number of hydrogen-bond acceptors (Lipinski definition) is 4. The van der Waals surface area contributed by atoms with Gasteiger partial charge < -0.3 is 19.8 Å². The lowest BCUT2D eigenvalue weighted by Gasteiger charge is -2.08. The van der Waals surface area contributed by atoms with Crippen LogP contribution in [-0.4, -0.2) is 25.1 Å². The number of anilines is 1. The molecule has 0 saturated carbocycles. The Bertz CT molecular complexity index is 945. The summed E-state index contributed by atoms with van der Waals surface area (Å²) in [6.07, 6.45) is 1.39. The summed E-state index contributed by atoms with van der Waals surface area (Å²) in [5, 5.41) is 3.10. The van der Waals surface area contributed by atoms with Crippen LogP contribution in [0.15, 0.2) is 53.5 Å². The van der Waals surface area contributed by atoms with Crippen molar-refractivity contribution in [2.24, 2.45) is 0 Å². The first-order chi connectivity index (χ1) is 11.6. The van der Waals surface area contributed by atoms with Crippen molar-refractivity contribution in [3.05, 3.63) is 64.4 Å². The summed E-state index contributed by atoms with van der Waals surface area (Å²) in [5.41, 5.74) is 0.817. The Labute approximate surface area is 138 Å². The second-order valence-electron chi connectivity index (χ2n) is 5.10. The number of aromatic amines is 1. The fourth-order valence-electron chi connectivity index (χ4n) is 2.44. The largest absolute Gasteiger partial charge is 0.497 e. The molecule has 2 N–H and O–H groups in total. The van der Waals surface area contributed by atoms with E-state index in [1.807, 2.05) is 0 Å². The Morgan fingerprint density at radius 2 is 1.79 bits per heavy atom. The number of carbonyl (C=O) groups is 1. The molecule has 6 heteroatoms. The number of pyridine rings is 1. The molecule has 0 spiro atoms. The Balaban J connectivity index is 1.95. The number of nitrogens with one attached hydrogen (secondary N) is 2. The molecule has 3 rings (SSSR count). The first-order valence-electron chi connectivity index (χ1n) is 7.28. The molecule has 0 bridgehead atoms. The molecular weight excluding hydrogens is 308 g/mol. The molecule has 0 aliphatic heterocycles. The molecule has 0 aliphatic carbocycles. The Morgan fingerprint density at radius 1 is 1.04 bits per heavy atom. The maximum absolute atomic E-state index is 12.6. The number of fused-ring (bicyclic) bond motifs is 1. The van der Waals surface area contributed by atoms with Crippen LogP contribution in [0.4, 0.5) is 5.69 Å². The van der Waals surface area contributed by atoms with Crippen LogP contribution < -0.4 is 20.2 Å². The van der Waals surface area contributed by atoms with E-state index in [9.17, 15) is 9.59 Å². The van der Waals surface area contributed by atoms with Gasteiger partial charge in [-0.3, -0.25) is 9.59 Å². The van der Waals surface area contributed by atoms with E-state index in [0.29, 0.717) is 28.1 Å². The van der Waals surface area contributed by atoms with Crippen LogP contribution in [0, 0.1) is 0 Å². The molecule has 2 aromatic carbocycles. The summed E-state index contributed by atoms with van der Waals surface area (Å²) < 4.78 is 10.3. The smallest absolute Gasteiger partial charge is 0.261 e. The third-order valence-electron chi connectivity index (χ3n) is 3.69. The summed E-state index contributed by atoms with van der Waals surface area (Å²) in [7, 11) is 3.09. The average molecular weight is 324 g/mol. The number of carbonyl (C=O) groups excluding carboxylic acids is 1. The lowest BCUT2D eigenvalue weighted by molar-refractivity contribution is 0.102. The fraction of sp³-hybridized carbons (Fsp3) is 0.111. The van der Waals surface area contributed by atoms with Crippen molar-refractivity contribution in [3.63, 3.8) is 0 Å². The van der Waals surface area contributed by atoms with Gasteiger partial charge in [-0.25, -0.2) is 0 Å². The molecule has 0 atom stereocenters. The second kappa shape index (κ2) is 6.45. The van der Waals surface area contributed by atoms with Crippen LogP contribution in [0.25, 0.3) is 10.9 Å².